The molecule has 0 bridgehead atoms. The van der Waals surface area contributed by atoms with Crippen LogP contribution in [0, 0.1) is 0 Å². The second-order valence-corrected chi connectivity index (χ2v) is 4.19. The van der Waals surface area contributed by atoms with E-state index in [9.17, 15) is 4.79 Å². The number of aliphatic hydroxyl groups excluding tert-OH is 1. The van der Waals surface area contributed by atoms with Gasteiger partial charge in [-0.15, -0.1) is 0 Å². The van der Waals surface area contributed by atoms with Crippen LogP contribution >= 0.6 is 0 Å². The van der Waals surface area contributed by atoms with Gasteiger partial charge in [0.05, 0.1) is 13.7 Å². The Bertz CT molecular complexity index is 420. The molecular formula is C14H21NO4. The van der Waals surface area contributed by atoms with Crippen LogP contribution in [-0.4, -0.2) is 30.8 Å². The molecule has 0 aliphatic rings. The summed E-state index contributed by atoms with van der Waals surface area (Å²) in [6, 6.07) is 5.11. The standard InChI is InChI=1S/C14H21NO4/c1-4-7-15-14(17)10(2)19-12-6-5-11(9-16)8-13(12)18-3/h5-6,8,10,16H,4,7,9H2,1-3H3,(H,15,17). The number of benzene rings is 1. The van der Waals surface area contributed by atoms with Gasteiger partial charge in [0, 0.05) is 6.54 Å². The molecule has 1 unspecified atom stereocenters. The highest BCUT2D eigenvalue weighted by Gasteiger charge is 2.16. The lowest BCUT2D eigenvalue weighted by atomic mass is 10.2. The molecule has 1 rings (SSSR count). The molecule has 5 heteroatoms. The molecule has 106 valence electrons. The number of aliphatic hydroxyl groups is 1. The normalized spacial score (nSPS) is 11.8. The molecular weight excluding hydrogens is 246 g/mol. The summed E-state index contributed by atoms with van der Waals surface area (Å²) < 4.78 is 10.8. The topological polar surface area (TPSA) is 67.8 Å². The third-order valence-corrected chi connectivity index (χ3v) is 2.63. The highest BCUT2D eigenvalue weighted by Crippen LogP contribution is 2.28. The molecule has 0 heterocycles. The quantitative estimate of drug-likeness (QED) is 0.785. The number of carbonyl (C=O) groups is 1. The van der Waals surface area contributed by atoms with Crippen molar-refractivity contribution >= 4 is 5.91 Å². The smallest absolute Gasteiger partial charge is 0.260 e. The number of amides is 1. The Hall–Kier alpha value is -1.75. The van der Waals surface area contributed by atoms with E-state index in [1.54, 1.807) is 25.1 Å². The van der Waals surface area contributed by atoms with E-state index in [1.807, 2.05) is 6.92 Å². The molecule has 0 aliphatic heterocycles. The molecule has 2 N–H and O–H groups in total. The number of hydrogen-bond donors (Lipinski definition) is 2. The van der Waals surface area contributed by atoms with Gasteiger partial charge in [0.2, 0.25) is 0 Å². The molecule has 0 spiro atoms. The third kappa shape index (κ3) is 4.44. The van der Waals surface area contributed by atoms with Crippen molar-refractivity contribution < 1.29 is 19.4 Å². The Morgan fingerprint density at radius 1 is 1.42 bits per heavy atom. The highest BCUT2D eigenvalue weighted by atomic mass is 16.5. The summed E-state index contributed by atoms with van der Waals surface area (Å²) in [5.41, 5.74) is 0.729. The van der Waals surface area contributed by atoms with Gasteiger partial charge in [-0.3, -0.25) is 4.79 Å². The average Bonchev–Trinajstić information content (AvgIpc) is 2.44. The van der Waals surface area contributed by atoms with E-state index in [4.69, 9.17) is 14.6 Å². The fourth-order valence-electron chi connectivity index (χ4n) is 1.54. The number of methoxy groups -OCH3 is 1. The summed E-state index contributed by atoms with van der Waals surface area (Å²) in [5, 5.41) is 11.8. The molecule has 0 fully saturated rings. The summed E-state index contributed by atoms with van der Waals surface area (Å²) in [6.45, 7) is 4.24. The molecule has 0 aromatic heterocycles. The molecule has 0 saturated carbocycles. The summed E-state index contributed by atoms with van der Waals surface area (Å²) in [5.74, 6) is 0.829. The monoisotopic (exact) mass is 267 g/mol. The van der Waals surface area contributed by atoms with Crippen LogP contribution in [-0.2, 0) is 11.4 Å². The van der Waals surface area contributed by atoms with Crippen LogP contribution in [0.2, 0.25) is 0 Å². The van der Waals surface area contributed by atoms with E-state index in [2.05, 4.69) is 5.32 Å². The Kier molecular flexibility index (Phi) is 6.15. The van der Waals surface area contributed by atoms with Crippen molar-refractivity contribution in [2.75, 3.05) is 13.7 Å². The first-order valence-corrected chi connectivity index (χ1v) is 6.34. The average molecular weight is 267 g/mol. The molecule has 0 radical (unpaired) electrons. The lowest BCUT2D eigenvalue weighted by molar-refractivity contribution is -0.127. The predicted octanol–water partition coefficient (Wildman–Crippen LogP) is 1.48. The number of hydrogen-bond acceptors (Lipinski definition) is 4. The van der Waals surface area contributed by atoms with Gasteiger partial charge in [0.15, 0.2) is 17.6 Å². The molecule has 0 aliphatic carbocycles. The molecule has 1 aromatic rings. The highest BCUT2D eigenvalue weighted by molar-refractivity contribution is 5.80. The van der Waals surface area contributed by atoms with Gasteiger partial charge in [0.1, 0.15) is 0 Å². The Morgan fingerprint density at radius 2 is 2.16 bits per heavy atom. The zero-order valence-corrected chi connectivity index (χ0v) is 11.6. The second kappa shape index (κ2) is 7.63. The number of nitrogens with one attached hydrogen (secondary N) is 1. The second-order valence-electron chi connectivity index (χ2n) is 4.19. The van der Waals surface area contributed by atoms with E-state index in [0.717, 1.165) is 12.0 Å². The summed E-state index contributed by atoms with van der Waals surface area (Å²) in [7, 11) is 1.52. The van der Waals surface area contributed by atoms with Gasteiger partial charge >= 0.3 is 0 Å². The number of carbonyl (C=O) groups excluding carboxylic acids is 1. The maximum Gasteiger partial charge on any atom is 0.260 e. The van der Waals surface area contributed by atoms with E-state index >= 15 is 0 Å². The van der Waals surface area contributed by atoms with Crippen molar-refractivity contribution in [2.24, 2.45) is 0 Å². The maximum absolute atomic E-state index is 11.7. The minimum absolute atomic E-state index is 0.0663. The van der Waals surface area contributed by atoms with Crippen LogP contribution in [0.25, 0.3) is 0 Å². The zero-order valence-electron chi connectivity index (χ0n) is 11.6. The van der Waals surface area contributed by atoms with Gasteiger partial charge in [-0.2, -0.15) is 0 Å². The van der Waals surface area contributed by atoms with Gasteiger partial charge in [0.25, 0.3) is 5.91 Å². The molecule has 1 amide bonds. The van der Waals surface area contributed by atoms with Crippen LogP contribution in [0.15, 0.2) is 18.2 Å². The summed E-state index contributed by atoms with van der Waals surface area (Å²) >= 11 is 0. The molecule has 1 atom stereocenters. The first-order valence-electron chi connectivity index (χ1n) is 6.34. The predicted molar refractivity (Wildman–Crippen MR) is 72.3 cm³/mol. The van der Waals surface area contributed by atoms with Gasteiger partial charge < -0.3 is 19.9 Å². The van der Waals surface area contributed by atoms with E-state index in [0.29, 0.717) is 18.0 Å². The van der Waals surface area contributed by atoms with Crippen LogP contribution < -0.4 is 14.8 Å². The number of ether oxygens (including phenoxy) is 2. The Labute approximate surface area is 113 Å². The lowest BCUT2D eigenvalue weighted by Gasteiger charge is -2.17. The Morgan fingerprint density at radius 3 is 2.74 bits per heavy atom. The van der Waals surface area contributed by atoms with Crippen LogP contribution in [0.3, 0.4) is 0 Å². The molecule has 19 heavy (non-hydrogen) atoms. The van der Waals surface area contributed by atoms with Crippen molar-refractivity contribution in [1.29, 1.82) is 0 Å². The first kappa shape index (κ1) is 15.3. The van der Waals surface area contributed by atoms with Gasteiger partial charge in [-0.05, 0) is 31.0 Å². The SMILES string of the molecule is CCCNC(=O)C(C)Oc1ccc(CO)cc1OC. The Balaban J connectivity index is 2.72. The van der Waals surface area contributed by atoms with Gasteiger partial charge in [-0.25, -0.2) is 0 Å². The van der Waals surface area contributed by atoms with Crippen LogP contribution in [0.5, 0.6) is 11.5 Å². The molecule has 1 aromatic carbocycles. The summed E-state index contributed by atoms with van der Waals surface area (Å²) in [6.07, 6.45) is 0.285. The fraction of sp³-hybridized carbons (Fsp3) is 0.500. The molecule has 0 saturated heterocycles. The third-order valence-electron chi connectivity index (χ3n) is 2.63. The van der Waals surface area contributed by atoms with Crippen LogP contribution in [0.4, 0.5) is 0 Å². The minimum Gasteiger partial charge on any atom is -0.493 e. The molecule has 5 nitrogen and oxygen atoms in total. The van der Waals surface area contributed by atoms with E-state index in [1.165, 1.54) is 7.11 Å². The van der Waals surface area contributed by atoms with Crippen molar-refractivity contribution in [2.45, 2.75) is 33.0 Å². The van der Waals surface area contributed by atoms with Gasteiger partial charge in [-0.1, -0.05) is 13.0 Å². The fourth-order valence-corrected chi connectivity index (χ4v) is 1.54. The van der Waals surface area contributed by atoms with Crippen molar-refractivity contribution in [3.05, 3.63) is 23.8 Å². The van der Waals surface area contributed by atoms with Crippen molar-refractivity contribution in [3.8, 4) is 11.5 Å². The van der Waals surface area contributed by atoms with Crippen LogP contribution in [0.1, 0.15) is 25.8 Å². The van der Waals surface area contributed by atoms with Crippen molar-refractivity contribution in [3.63, 3.8) is 0 Å². The first-order chi connectivity index (χ1) is 9.12. The minimum atomic E-state index is -0.597. The van der Waals surface area contributed by atoms with Crippen molar-refractivity contribution in [1.82, 2.24) is 5.32 Å². The largest absolute Gasteiger partial charge is 0.493 e. The van der Waals surface area contributed by atoms with E-state index in [-0.39, 0.29) is 12.5 Å². The number of rotatable bonds is 7. The zero-order chi connectivity index (χ0) is 14.3. The lowest BCUT2D eigenvalue weighted by Crippen LogP contribution is -2.36. The summed E-state index contributed by atoms with van der Waals surface area (Å²) in [4.78, 5) is 11.7. The maximum atomic E-state index is 11.7. The van der Waals surface area contributed by atoms with E-state index < -0.39 is 6.10 Å².